The third-order valence-electron chi connectivity index (χ3n) is 11.0. The first-order valence-corrected chi connectivity index (χ1v) is 19.5. The van der Waals surface area contributed by atoms with Crippen LogP contribution in [-0.2, 0) is 18.5 Å². The topological polar surface area (TPSA) is 27.7 Å². The van der Waals surface area contributed by atoms with Crippen LogP contribution < -0.4 is 14.2 Å². The zero-order chi connectivity index (χ0) is 53.4. The maximum Gasteiger partial charge on any atom is 0.422 e. The van der Waals surface area contributed by atoms with Crippen molar-refractivity contribution in [2.24, 2.45) is 0 Å². The summed E-state index contributed by atoms with van der Waals surface area (Å²) in [7, 11) is 3.03. The molecular formula is C48H21F21O3. The fraction of sp³-hybridized carbons (Fsp3) is 0.125. The smallest absolute Gasteiger partial charge is 0.422 e. The molecule has 0 saturated heterocycles. The summed E-state index contributed by atoms with van der Waals surface area (Å²) < 4.78 is 340. The third-order valence-corrected chi connectivity index (χ3v) is 11.0. The van der Waals surface area contributed by atoms with Crippen molar-refractivity contribution in [2.45, 2.75) is 18.5 Å². The number of halogens is 21. The lowest BCUT2D eigenvalue weighted by molar-refractivity contribution is -0.144. The molecule has 0 bridgehead atoms. The highest BCUT2D eigenvalue weighted by Crippen LogP contribution is 2.60. The SMILES string of the molecule is COc1ccc(-c2c(-c3ccc(OC)cc3)c(-c3c(F)c(F)c(C(F)(F)F)c(F)c3F)c(-c3c(F)c(F)c(C(F)(F)F)c(F)c3F)c(-c3ccc(OC)cc3)c2-c2c(F)c(F)c(C(F)(F)F)c(F)c2F)cc1. The highest BCUT2D eigenvalue weighted by molar-refractivity contribution is 6.15. The molecule has 0 aliphatic heterocycles. The van der Waals surface area contributed by atoms with E-state index < -0.39 is 172 Å². The first kappa shape index (κ1) is 52.3. The van der Waals surface area contributed by atoms with E-state index in [2.05, 4.69) is 0 Å². The van der Waals surface area contributed by atoms with Gasteiger partial charge in [0, 0.05) is 16.7 Å². The molecule has 0 aromatic heterocycles. The van der Waals surface area contributed by atoms with Crippen LogP contribution >= 0.6 is 0 Å². The van der Waals surface area contributed by atoms with E-state index in [1.54, 1.807) is 0 Å². The summed E-state index contributed by atoms with van der Waals surface area (Å²) in [4.78, 5) is 0. The van der Waals surface area contributed by atoms with E-state index in [1.807, 2.05) is 0 Å². The fourth-order valence-electron chi connectivity index (χ4n) is 7.94. The molecule has 0 saturated carbocycles. The average Bonchev–Trinajstić information content (AvgIpc) is 3.31. The van der Waals surface area contributed by atoms with Crippen molar-refractivity contribution in [1.29, 1.82) is 0 Å². The first-order chi connectivity index (χ1) is 33.5. The molecule has 7 aromatic rings. The van der Waals surface area contributed by atoms with E-state index in [1.165, 1.54) is 0 Å². The molecule has 7 rings (SSSR count). The van der Waals surface area contributed by atoms with Crippen molar-refractivity contribution in [1.82, 2.24) is 0 Å². The van der Waals surface area contributed by atoms with Gasteiger partial charge in [0.1, 0.15) is 33.9 Å². The predicted octanol–water partition coefficient (Wildman–Crippen LogP) is 16.4. The minimum absolute atomic E-state index is 0.175. The van der Waals surface area contributed by atoms with Crippen LogP contribution in [0.25, 0.3) is 66.8 Å². The Labute approximate surface area is 389 Å². The number of benzene rings is 7. The van der Waals surface area contributed by atoms with Crippen LogP contribution in [0.4, 0.5) is 92.2 Å². The number of hydrogen-bond acceptors (Lipinski definition) is 3. The minimum Gasteiger partial charge on any atom is -0.497 e. The maximum atomic E-state index is 16.9. The van der Waals surface area contributed by atoms with Gasteiger partial charge < -0.3 is 14.2 Å². The van der Waals surface area contributed by atoms with Gasteiger partial charge in [-0.15, -0.1) is 0 Å². The number of hydrogen-bond donors (Lipinski definition) is 0. The highest BCUT2D eigenvalue weighted by atomic mass is 19.4. The van der Waals surface area contributed by atoms with Gasteiger partial charge in [0.25, 0.3) is 0 Å². The van der Waals surface area contributed by atoms with Crippen LogP contribution in [0.15, 0.2) is 72.8 Å². The molecular weight excluding hydrogens is 1020 g/mol. The van der Waals surface area contributed by atoms with Crippen LogP contribution in [0.1, 0.15) is 16.7 Å². The fourth-order valence-corrected chi connectivity index (χ4v) is 7.94. The number of rotatable bonds is 9. The molecule has 0 radical (unpaired) electrons. The van der Waals surface area contributed by atoms with Gasteiger partial charge in [0.2, 0.25) is 0 Å². The van der Waals surface area contributed by atoms with Gasteiger partial charge in [-0.05, 0) is 69.8 Å². The van der Waals surface area contributed by atoms with Crippen LogP contribution in [-0.4, -0.2) is 21.3 Å². The van der Waals surface area contributed by atoms with Gasteiger partial charge in [0.15, 0.2) is 69.8 Å². The lowest BCUT2D eigenvalue weighted by atomic mass is 9.73. The number of ether oxygens (including phenoxy) is 3. The Morgan fingerprint density at radius 2 is 0.403 bits per heavy atom. The van der Waals surface area contributed by atoms with Gasteiger partial charge >= 0.3 is 18.5 Å². The van der Waals surface area contributed by atoms with Crippen LogP contribution in [0.2, 0.25) is 0 Å². The largest absolute Gasteiger partial charge is 0.497 e. The monoisotopic (exact) mass is 1040 g/mol. The summed E-state index contributed by atoms with van der Waals surface area (Å²) >= 11 is 0. The van der Waals surface area contributed by atoms with Crippen molar-refractivity contribution >= 4 is 0 Å². The molecule has 0 aliphatic carbocycles. The number of methoxy groups -OCH3 is 3. The minimum atomic E-state index is -6.40. The average molecular weight is 1040 g/mol. The molecule has 0 unspecified atom stereocenters. The molecule has 0 amide bonds. The zero-order valence-electron chi connectivity index (χ0n) is 35.6. The Hall–Kier alpha value is -7.53. The summed E-state index contributed by atoms with van der Waals surface area (Å²) in [6.45, 7) is 0. The van der Waals surface area contributed by atoms with Crippen molar-refractivity contribution < 1.29 is 106 Å². The van der Waals surface area contributed by atoms with E-state index in [4.69, 9.17) is 14.2 Å². The zero-order valence-corrected chi connectivity index (χ0v) is 35.6. The third kappa shape index (κ3) is 8.52. The van der Waals surface area contributed by atoms with Gasteiger partial charge in [-0.2, -0.15) is 39.5 Å². The molecule has 0 spiro atoms. The summed E-state index contributed by atoms with van der Waals surface area (Å²) in [6, 6.07) is 9.34. The molecule has 24 heteroatoms. The summed E-state index contributed by atoms with van der Waals surface area (Å²) in [6.07, 6.45) is -19.1. The van der Waals surface area contributed by atoms with Crippen molar-refractivity contribution in [2.75, 3.05) is 21.3 Å². The molecule has 378 valence electrons. The maximum absolute atomic E-state index is 16.9. The van der Waals surface area contributed by atoms with Gasteiger partial charge in [0.05, 0.1) is 38.0 Å². The second-order valence-corrected chi connectivity index (χ2v) is 14.9. The first-order valence-electron chi connectivity index (χ1n) is 19.5. The second-order valence-electron chi connectivity index (χ2n) is 14.9. The quantitative estimate of drug-likeness (QED) is 0.107. The summed E-state index contributed by atoms with van der Waals surface area (Å²) in [5.74, 6) is -40.1. The highest BCUT2D eigenvalue weighted by Gasteiger charge is 2.48. The standard InChI is InChI=1S/C48H21F21O3/c1-70-19-10-4-16(5-11-19)22-23(17-6-12-20(71-2)13-7-17)26(29-36(51)42(57)32(47(64,65)66)43(58)37(29)52)27(30-38(53)44(59)33(48(67,68)69)45(60)39(30)54)24(18-8-14-21(72-3)15-9-18)25(22)28-34(49)40(55)31(46(61,62)63)41(56)35(28)50/h4-15H,1-3H3. The predicted molar refractivity (Wildman–Crippen MR) is 213 cm³/mol. The van der Waals surface area contributed by atoms with Crippen LogP contribution in [0.3, 0.4) is 0 Å². The van der Waals surface area contributed by atoms with Gasteiger partial charge in [-0.25, -0.2) is 52.7 Å². The molecule has 72 heavy (non-hydrogen) atoms. The van der Waals surface area contributed by atoms with Gasteiger partial charge in [-0.1, -0.05) is 36.4 Å². The molecule has 3 nitrogen and oxygen atoms in total. The van der Waals surface area contributed by atoms with E-state index in [0.29, 0.717) is 24.3 Å². The molecule has 0 N–H and O–H groups in total. The van der Waals surface area contributed by atoms with E-state index in [0.717, 1.165) is 69.9 Å². The van der Waals surface area contributed by atoms with Crippen molar-refractivity contribution in [3.63, 3.8) is 0 Å². The Bertz CT molecular complexity index is 3220. The molecule has 0 fully saturated rings. The Kier molecular flexibility index (Phi) is 13.5. The molecule has 0 heterocycles. The van der Waals surface area contributed by atoms with Crippen LogP contribution in [0, 0.1) is 69.8 Å². The van der Waals surface area contributed by atoms with E-state index >= 15 is 52.7 Å². The van der Waals surface area contributed by atoms with Crippen molar-refractivity contribution in [3.8, 4) is 84.0 Å². The molecule has 0 atom stereocenters. The van der Waals surface area contributed by atoms with Crippen molar-refractivity contribution in [3.05, 3.63) is 159 Å². The molecule has 7 aromatic carbocycles. The lowest BCUT2D eigenvalue weighted by Gasteiger charge is -2.30. The second kappa shape index (κ2) is 18.6. The van der Waals surface area contributed by atoms with E-state index in [9.17, 15) is 39.5 Å². The Morgan fingerprint density at radius 1 is 0.236 bits per heavy atom. The van der Waals surface area contributed by atoms with E-state index in [-0.39, 0.29) is 17.2 Å². The van der Waals surface area contributed by atoms with Crippen LogP contribution in [0.5, 0.6) is 17.2 Å². The normalized spacial score (nSPS) is 12.2. The number of alkyl halides is 9. The van der Waals surface area contributed by atoms with Gasteiger partial charge in [-0.3, -0.25) is 0 Å². The Morgan fingerprint density at radius 3 is 0.569 bits per heavy atom. The molecule has 0 aliphatic rings. The Balaban J connectivity index is 2.03. The lowest BCUT2D eigenvalue weighted by Crippen LogP contribution is -2.18. The summed E-state index contributed by atoms with van der Waals surface area (Å²) in [5.41, 5.74) is -31.1. The summed E-state index contributed by atoms with van der Waals surface area (Å²) in [5, 5.41) is 0.